The number of nitrogens with one attached hydrogen (secondary N) is 1. The van der Waals surface area contributed by atoms with Gasteiger partial charge < -0.3 is 15.2 Å². The van der Waals surface area contributed by atoms with Crippen LogP contribution in [-0.4, -0.2) is 24.9 Å². The van der Waals surface area contributed by atoms with Crippen LogP contribution in [0.5, 0.6) is 5.75 Å². The molecule has 2 rings (SSSR count). The van der Waals surface area contributed by atoms with Gasteiger partial charge in [-0.15, -0.1) is 0 Å². The molecule has 1 aromatic rings. The van der Waals surface area contributed by atoms with E-state index in [1.54, 1.807) is 6.07 Å². The summed E-state index contributed by atoms with van der Waals surface area (Å²) >= 11 is 0. The summed E-state index contributed by atoms with van der Waals surface area (Å²) in [5.74, 6) is -0.0489. The molecule has 0 unspecified atom stereocenters. The molecule has 1 aliphatic carbocycles. The molecule has 0 amide bonds. The molecule has 100 valence electrons. The van der Waals surface area contributed by atoms with Gasteiger partial charge in [-0.2, -0.15) is 0 Å². The van der Waals surface area contributed by atoms with E-state index >= 15 is 0 Å². The minimum atomic E-state index is -0.568. The molecule has 18 heavy (non-hydrogen) atoms. The normalized spacial score (nSPS) is 14.9. The van der Waals surface area contributed by atoms with E-state index in [9.17, 15) is 4.39 Å². The molecule has 0 aromatic heterocycles. The Labute approximate surface area is 107 Å². The van der Waals surface area contributed by atoms with Crippen LogP contribution in [0.15, 0.2) is 18.2 Å². The topological polar surface area (TPSA) is 41.5 Å². The van der Waals surface area contributed by atoms with Crippen LogP contribution in [0.25, 0.3) is 0 Å². The summed E-state index contributed by atoms with van der Waals surface area (Å²) in [7, 11) is 0. The standard InChI is InChI=1S/C14H20FNO2/c15-13-8-12(4-5-14(13)17)9-16-6-1-7-18-10-11-2-3-11/h4-5,8,11,16-17H,1-3,6-7,9-10H2. The van der Waals surface area contributed by atoms with E-state index in [4.69, 9.17) is 9.84 Å². The van der Waals surface area contributed by atoms with Gasteiger partial charge in [0.15, 0.2) is 11.6 Å². The van der Waals surface area contributed by atoms with Crippen molar-refractivity contribution in [1.82, 2.24) is 5.32 Å². The van der Waals surface area contributed by atoms with E-state index in [2.05, 4.69) is 5.32 Å². The molecule has 1 aromatic carbocycles. The third kappa shape index (κ3) is 4.63. The fourth-order valence-electron chi connectivity index (χ4n) is 1.73. The SMILES string of the molecule is Oc1ccc(CNCCCOCC2CC2)cc1F. The van der Waals surface area contributed by atoms with E-state index in [1.165, 1.54) is 25.0 Å². The van der Waals surface area contributed by atoms with Gasteiger partial charge in [0.25, 0.3) is 0 Å². The van der Waals surface area contributed by atoms with E-state index < -0.39 is 5.82 Å². The number of aromatic hydroxyl groups is 1. The fourth-order valence-corrected chi connectivity index (χ4v) is 1.73. The molecule has 1 saturated carbocycles. The number of ether oxygens (including phenoxy) is 1. The van der Waals surface area contributed by atoms with Crippen molar-refractivity contribution in [3.8, 4) is 5.75 Å². The second kappa shape index (κ2) is 6.71. The number of rotatable bonds is 8. The predicted molar refractivity (Wildman–Crippen MR) is 67.9 cm³/mol. The van der Waals surface area contributed by atoms with Crippen molar-refractivity contribution in [2.45, 2.75) is 25.8 Å². The molecule has 4 heteroatoms. The lowest BCUT2D eigenvalue weighted by Crippen LogP contribution is -2.16. The highest BCUT2D eigenvalue weighted by Gasteiger charge is 2.20. The molecule has 1 fully saturated rings. The van der Waals surface area contributed by atoms with Gasteiger partial charge in [0.2, 0.25) is 0 Å². The van der Waals surface area contributed by atoms with Crippen molar-refractivity contribution < 1.29 is 14.2 Å². The number of halogens is 1. The summed E-state index contributed by atoms with van der Waals surface area (Å²) in [6.07, 6.45) is 3.61. The first kappa shape index (κ1) is 13.3. The molecule has 0 bridgehead atoms. The highest BCUT2D eigenvalue weighted by Crippen LogP contribution is 2.28. The smallest absolute Gasteiger partial charge is 0.165 e. The predicted octanol–water partition coefficient (Wildman–Crippen LogP) is 2.44. The highest BCUT2D eigenvalue weighted by atomic mass is 19.1. The molecule has 0 aliphatic heterocycles. The average molecular weight is 253 g/mol. The minimum Gasteiger partial charge on any atom is -0.505 e. The number of benzene rings is 1. The van der Waals surface area contributed by atoms with Crippen molar-refractivity contribution in [3.63, 3.8) is 0 Å². The van der Waals surface area contributed by atoms with Gasteiger partial charge in [-0.05, 0) is 49.4 Å². The molecular weight excluding hydrogens is 233 g/mol. The van der Waals surface area contributed by atoms with E-state index in [0.29, 0.717) is 6.54 Å². The van der Waals surface area contributed by atoms with Crippen molar-refractivity contribution in [1.29, 1.82) is 0 Å². The molecule has 0 saturated heterocycles. The number of phenols is 1. The Morgan fingerprint density at radius 2 is 2.22 bits per heavy atom. The third-order valence-corrected chi connectivity index (χ3v) is 3.03. The second-order valence-electron chi connectivity index (χ2n) is 4.83. The molecule has 0 atom stereocenters. The summed E-state index contributed by atoms with van der Waals surface area (Å²) in [6.45, 7) is 3.16. The Morgan fingerprint density at radius 3 is 2.94 bits per heavy atom. The van der Waals surface area contributed by atoms with Crippen LogP contribution < -0.4 is 5.32 Å². The molecule has 0 heterocycles. The van der Waals surface area contributed by atoms with Gasteiger partial charge in [-0.3, -0.25) is 0 Å². The molecule has 0 spiro atoms. The first-order chi connectivity index (χ1) is 8.75. The fraction of sp³-hybridized carbons (Fsp3) is 0.571. The van der Waals surface area contributed by atoms with Gasteiger partial charge in [0.1, 0.15) is 0 Å². The van der Waals surface area contributed by atoms with Crippen LogP contribution in [0.3, 0.4) is 0 Å². The lowest BCUT2D eigenvalue weighted by molar-refractivity contribution is 0.122. The summed E-state index contributed by atoms with van der Waals surface area (Å²) in [4.78, 5) is 0. The lowest BCUT2D eigenvalue weighted by Gasteiger charge is -2.06. The van der Waals surface area contributed by atoms with E-state index in [-0.39, 0.29) is 5.75 Å². The molecule has 0 radical (unpaired) electrons. The Morgan fingerprint density at radius 1 is 1.39 bits per heavy atom. The van der Waals surface area contributed by atoms with Crippen molar-refractivity contribution >= 4 is 0 Å². The van der Waals surface area contributed by atoms with E-state index in [1.807, 2.05) is 0 Å². The summed E-state index contributed by atoms with van der Waals surface area (Å²) in [5, 5.41) is 12.3. The van der Waals surface area contributed by atoms with Crippen LogP contribution in [0.1, 0.15) is 24.8 Å². The maximum atomic E-state index is 13.0. The lowest BCUT2D eigenvalue weighted by atomic mass is 10.2. The monoisotopic (exact) mass is 253 g/mol. The van der Waals surface area contributed by atoms with Crippen LogP contribution in [-0.2, 0) is 11.3 Å². The zero-order chi connectivity index (χ0) is 12.8. The Hall–Kier alpha value is -1.13. The first-order valence-electron chi connectivity index (χ1n) is 6.51. The van der Waals surface area contributed by atoms with Gasteiger partial charge in [0, 0.05) is 19.8 Å². The minimum absolute atomic E-state index is 0.299. The second-order valence-corrected chi connectivity index (χ2v) is 4.83. The van der Waals surface area contributed by atoms with Crippen molar-refractivity contribution in [3.05, 3.63) is 29.6 Å². The van der Waals surface area contributed by atoms with Crippen molar-refractivity contribution in [2.24, 2.45) is 5.92 Å². The zero-order valence-electron chi connectivity index (χ0n) is 10.5. The number of hydrogen-bond donors (Lipinski definition) is 2. The highest BCUT2D eigenvalue weighted by molar-refractivity contribution is 5.27. The average Bonchev–Trinajstić information content (AvgIpc) is 3.16. The first-order valence-corrected chi connectivity index (χ1v) is 6.51. The summed E-state index contributed by atoms with van der Waals surface area (Å²) in [5.41, 5.74) is 0.837. The van der Waals surface area contributed by atoms with Gasteiger partial charge in [-0.25, -0.2) is 4.39 Å². The molecule has 2 N–H and O–H groups in total. The maximum absolute atomic E-state index is 13.0. The Balaban J connectivity index is 1.52. The molecular formula is C14H20FNO2. The Bertz CT molecular complexity index is 380. The van der Waals surface area contributed by atoms with Crippen LogP contribution in [0.2, 0.25) is 0 Å². The number of hydrogen-bond acceptors (Lipinski definition) is 3. The van der Waals surface area contributed by atoms with Crippen LogP contribution >= 0.6 is 0 Å². The van der Waals surface area contributed by atoms with Gasteiger partial charge >= 0.3 is 0 Å². The quantitative estimate of drug-likeness (QED) is 0.699. The number of phenolic OH excluding ortho intramolecular Hbond substituents is 1. The summed E-state index contributed by atoms with van der Waals surface area (Å²) in [6, 6.07) is 4.45. The summed E-state index contributed by atoms with van der Waals surface area (Å²) < 4.78 is 18.6. The van der Waals surface area contributed by atoms with Crippen molar-refractivity contribution in [2.75, 3.05) is 19.8 Å². The zero-order valence-corrected chi connectivity index (χ0v) is 10.5. The van der Waals surface area contributed by atoms with Crippen LogP contribution in [0.4, 0.5) is 4.39 Å². The Kier molecular flexibility index (Phi) is 4.96. The largest absolute Gasteiger partial charge is 0.505 e. The van der Waals surface area contributed by atoms with Gasteiger partial charge in [-0.1, -0.05) is 6.07 Å². The van der Waals surface area contributed by atoms with Crippen LogP contribution in [0, 0.1) is 11.7 Å². The molecule has 1 aliphatic rings. The molecule has 3 nitrogen and oxygen atoms in total. The maximum Gasteiger partial charge on any atom is 0.165 e. The van der Waals surface area contributed by atoms with Gasteiger partial charge in [0.05, 0.1) is 0 Å². The van der Waals surface area contributed by atoms with E-state index in [0.717, 1.165) is 37.7 Å². The third-order valence-electron chi connectivity index (χ3n) is 3.03.